The number of benzene rings is 1. The molecule has 0 saturated heterocycles. The first-order valence-corrected chi connectivity index (χ1v) is 4.25. The topological polar surface area (TPSA) is 52.3 Å². The molecular weight excluding hydrogens is 178 g/mol. The maximum atomic E-state index is 10.8. The van der Waals surface area contributed by atoms with Crippen LogP contribution in [0.15, 0.2) is 24.3 Å². The van der Waals surface area contributed by atoms with Gasteiger partial charge in [-0.2, -0.15) is 0 Å². The lowest BCUT2D eigenvalue weighted by molar-refractivity contribution is -0.134. The third kappa shape index (κ3) is 2.62. The van der Waals surface area contributed by atoms with E-state index in [4.69, 9.17) is 5.73 Å². The first-order valence-electron chi connectivity index (χ1n) is 4.25. The van der Waals surface area contributed by atoms with Gasteiger partial charge in [0.1, 0.15) is 0 Å². The van der Waals surface area contributed by atoms with Crippen molar-refractivity contribution in [2.75, 3.05) is 12.8 Å². The number of ether oxygens (including phenoxy) is 1. The van der Waals surface area contributed by atoms with Gasteiger partial charge in [-0.15, -0.1) is 0 Å². The highest BCUT2D eigenvalue weighted by Crippen LogP contribution is 2.13. The van der Waals surface area contributed by atoms with Crippen LogP contribution in [0, 0.1) is 6.92 Å². The highest BCUT2D eigenvalue weighted by molar-refractivity contribution is 5.87. The molecule has 0 bridgehead atoms. The zero-order chi connectivity index (χ0) is 10.6. The molecule has 2 N–H and O–H groups in total. The van der Waals surface area contributed by atoms with Gasteiger partial charge in [0.25, 0.3) is 0 Å². The lowest BCUT2D eigenvalue weighted by atomic mass is 10.1. The van der Waals surface area contributed by atoms with Crippen molar-refractivity contribution in [2.45, 2.75) is 6.92 Å². The average Bonchev–Trinajstić information content (AvgIpc) is 2.19. The summed E-state index contributed by atoms with van der Waals surface area (Å²) in [7, 11) is 1.34. The van der Waals surface area contributed by atoms with Gasteiger partial charge in [-0.05, 0) is 30.2 Å². The molecule has 1 aromatic rings. The summed E-state index contributed by atoms with van der Waals surface area (Å²) in [6, 6.07) is 5.62. The Morgan fingerprint density at radius 2 is 2.21 bits per heavy atom. The second kappa shape index (κ2) is 4.46. The molecule has 14 heavy (non-hydrogen) atoms. The average molecular weight is 191 g/mol. The second-order valence-electron chi connectivity index (χ2n) is 2.97. The zero-order valence-corrected chi connectivity index (χ0v) is 8.28. The number of carbonyl (C=O) groups excluding carboxylic acids is 1. The van der Waals surface area contributed by atoms with Crippen molar-refractivity contribution < 1.29 is 9.53 Å². The van der Waals surface area contributed by atoms with Gasteiger partial charge in [0.15, 0.2) is 0 Å². The fourth-order valence-corrected chi connectivity index (χ4v) is 0.995. The molecule has 0 saturated carbocycles. The summed E-state index contributed by atoms with van der Waals surface area (Å²) in [5, 5.41) is 0. The molecule has 0 aliphatic rings. The predicted molar refractivity (Wildman–Crippen MR) is 56.6 cm³/mol. The molecule has 0 aliphatic heterocycles. The normalized spacial score (nSPS) is 10.4. The number of anilines is 1. The van der Waals surface area contributed by atoms with E-state index in [1.165, 1.54) is 13.2 Å². The molecule has 0 aromatic heterocycles. The molecule has 0 unspecified atom stereocenters. The van der Waals surface area contributed by atoms with E-state index in [1.807, 2.05) is 25.1 Å². The van der Waals surface area contributed by atoms with Crippen LogP contribution in [0.25, 0.3) is 6.08 Å². The molecule has 0 fully saturated rings. The van der Waals surface area contributed by atoms with E-state index in [2.05, 4.69) is 4.74 Å². The van der Waals surface area contributed by atoms with E-state index in [0.717, 1.165) is 16.8 Å². The quantitative estimate of drug-likeness (QED) is 0.440. The van der Waals surface area contributed by atoms with Gasteiger partial charge in [-0.3, -0.25) is 0 Å². The van der Waals surface area contributed by atoms with Gasteiger partial charge in [-0.1, -0.05) is 12.1 Å². The maximum absolute atomic E-state index is 10.8. The largest absolute Gasteiger partial charge is 0.466 e. The van der Waals surface area contributed by atoms with Crippen LogP contribution in [-0.2, 0) is 9.53 Å². The molecule has 0 atom stereocenters. The number of nitrogen functional groups attached to an aromatic ring is 1. The summed E-state index contributed by atoms with van der Waals surface area (Å²) >= 11 is 0. The monoisotopic (exact) mass is 191 g/mol. The number of esters is 1. The fraction of sp³-hybridized carbons (Fsp3) is 0.182. The summed E-state index contributed by atoms with van der Waals surface area (Å²) in [6.45, 7) is 1.93. The van der Waals surface area contributed by atoms with Crippen LogP contribution in [0.1, 0.15) is 11.1 Å². The van der Waals surface area contributed by atoms with E-state index in [0.29, 0.717) is 0 Å². The van der Waals surface area contributed by atoms with Crippen molar-refractivity contribution in [1.29, 1.82) is 0 Å². The van der Waals surface area contributed by atoms with E-state index >= 15 is 0 Å². The fourth-order valence-electron chi connectivity index (χ4n) is 0.995. The minimum absolute atomic E-state index is 0.371. The predicted octanol–water partition coefficient (Wildman–Crippen LogP) is 1.76. The van der Waals surface area contributed by atoms with Crippen LogP contribution < -0.4 is 5.73 Å². The lowest BCUT2D eigenvalue weighted by Crippen LogP contribution is -1.94. The lowest BCUT2D eigenvalue weighted by Gasteiger charge is -2.00. The molecule has 3 nitrogen and oxygen atoms in total. The Hall–Kier alpha value is -1.77. The molecule has 0 heterocycles. The van der Waals surface area contributed by atoms with E-state index in [9.17, 15) is 4.79 Å². The van der Waals surface area contributed by atoms with E-state index in [-0.39, 0.29) is 5.97 Å². The maximum Gasteiger partial charge on any atom is 0.330 e. The Balaban J connectivity index is 2.83. The number of aryl methyl sites for hydroxylation is 1. The Morgan fingerprint density at radius 1 is 1.50 bits per heavy atom. The molecule has 1 rings (SSSR count). The molecule has 0 amide bonds. The number of carbonyl (C=O) groups is 1. The van der Waals surface area contributed by atoms with Crippen LogP contribution in [0.4, 0.5) is 5.69 Å². The third-order valence-corrected chi connectivity index (χ3v) is 1.92. The highest BCUT2D eigenvalue weighted by Gasteiger charge is 1.95. The Kier molecular flexibility index (Phi) is 3.29. The number of hydrogen-bond acceptors (Lipinski definition) is 3. The standard InChI is InChI=1S/C11H13NO2/c1-8-3-4-9(7-10(8)12)5-6-11(13)14-2/h3-7H,12H2,1-2H3. The van der Waals surface area contributed by atoms with Gasteiger partial charge < -0.3 is 10.5 Å². The smallest absolute Gasteiger partial charge is 0.330 e. The number of hydrogen-bond donors (Lipinski definition) is 1. The number of nitrogens with two attached hydrogens (primary N) is 1. The Bertz CT molecular complexity index is 370. The summed E-state index contributed by atoms with van der Waals surface area (Å²) in [5.41, 5.74) is 8.34. The summed E-state index contributed by atoms with van der Waals surface area (Å²) in [6.07, 6.45) is 3.03. The minimum Gasteiger partial charge on any atom is -0.466 e. The Labute approximate surface area is 83.2 Å². The first-order chi connectivity index (χ1) is 6.63. The van der Waals surface area contributed by atoms with E-state index in [1.54, 1.807) is 6.08 Å². The van der Waals surface area contributed by atoms with Crippen molar-refractivity contribution in [3.05, 3.63) is 35.4 Å². The first kappa shape index (κ1) is 10.3. The minimum atomic E-state index is -0.371. The van der Waals surface area contributed by atoms with Crippen LogP contribution in [0.3, 0.4) is 0 Å². The number of methoxy groups -OCH3 is 1. The van der Waals surface area contributed by atoms with Gasteiger partial charge >= 0.3 is 5.97 Å². The summed E-state index contributed by atoms with van der Waals surface area (Å²) in [4.78, 5) is 10.8. The van der Waals surface area contributed by atoms with Crippen LogP contribution >= 0.6 is 0 Å². The van der Waals surface area contributed by atoms with Gasteiger partial charge in [0, 0.05) is 11.8 Å². The molecule has 74 valence electrons. The van der Waals surface area contributed by atoms with Crippen molar-refractivity contribution in [3.8, 4) is 0 Å². The van der Waals surface area contributed by atoms with Crippen LogP contribution in [0.5, 0.6) is 0 Å². The molecular formula is C11H13NO2. The highest BCUT2D eigenvalue weighted by atomic mass is 16.5. The SMILES string of the molecule is COC(=O)C=Cc1ccc(C)c(N)c1. The van der Waals surface area contributed by atoms with Crippen molar-refractivity contribution >= 4 is 17.7 Å². The molecule has 0 radical (unpaired) electrons. The van der Waals surface area contributed by atoms with E-state index < -0.39 is 0 Å². The summed E-state index contributed by atoms with van der Waals surface area (Å²) < 4.78 is 4.47. The van der Waals surface area contributed by atoms with Gasteiger partial charge in [0.2, 0.25) is 0 Å². The van der Waals surface area contributed by atoms with Crippen LogP contribution in [0.2, 0.25) is 0 Å². The second-order valence-corrected chi connectivity index (χ2v) is 2.97. The van der Waals surface area contributed by atoms with Gasteiger partial charge in [-0.25, -0.2) is 4.79 Å². The molecule has 0 aliphatic carbocycles. The molecule has 3 heteroatoms. The molecule has 1 aromatic carbocycles. The Morgan fingerprint density at radius 3 is 2.79 bits per heavy atom. The van der Waals surface area contributed by atoms with Crippen molar-refractivity contribution in [2.24, 2.45) is 0 Å². The number of rotatable bonds is 2. The van der Waals surface area contributed by atoms with Crippen LogP contribution in [-0.4, -0.2) is 13.1 Å². The summed E-state index contributed by atoms with van der Waals surface area (Å²) in [5.74, 6) is -0.371. The zero-order valence-electron chi connectivity index (χ0n) is 8.28. The molecule has 0 spiro atoms. The van der Waals surface area contributed by atoms with Gasteiger partial charge in [0.05, 0.1) is 7.11 Å². The third-order valence-electron chi connectivity index (χ3n) is 1.92. The van der Waals surface area contributed by atoms with Crippen molar-refractivity contribution in [3.63, 3.8) is 0 Å². The van der Waals surface area contributed by atoms with Crippen molar-refractivity contribution in [1.82, 2.24) is 0 Å².